The first kappa shape index (κ1) is 20.8. The van der Waals surface area contributed by atoms with Gasteiger partial charge in [-0.3, -0.25) is 0 Å². The van der Waals surface area contributed by atoms with E-state index in [1.54, 1.807) is 18.0 Å². The lowest BCUT2D eigenvalue weighted by molar-refractivity contribution is 0.512. The number of nitrogens with zero attached hydrogens (tertiary/aromatic N) is 1. The van der Waals surface area contributed by atoms with E-state index < -0.39 is 0 Å². The minimum atomic E-state index is -0.195. The van der Waals surface area contributed by atoms with Gasteiger partial charge in [0.1, 0.15) is 18.1 Å². The maximum atomic E-state index is 12.8. The molecule has 0 bridgehead atoms. The smallest absolute Gasteiger partial charge is 0.191 e. The van der Waals surface area contributed by atoms with Crippen LogP contribution in [0.4, 0.5) is 4.39 Å². The van der Waals surface area contributed by atoms with Crippen LogP contribution < -0.4 is 10.6 Å². The lowest BCUT2D eigenvalue weighted by Gasteiger charge is -2.10. The van der Waals surface area contributed by atoms with Crippen molar-refractivity contribution in [3.63, 3.8) is 0 Å². The molecule has 1 heterocycles. The summed E-state index contributed by atoms with van der Waals surface area (Å²) in [4.78, 5) is 5.56. The second-order valence-corrected chi connectivity index (χ2v) is 6.03. The monoisotopic (exact) mass is 463 g/mol. The van der Waals surface area contributed by atoms with Crippen LogP contribution >= 0.6 is 35.7 Å². The molecule has 132 valence electrons. The zero-order chi connectivity index (χ0) is 16.3. The lowest BCUT2D eigenvalue weighted by Crippen LogP contribution is -2.37. The highest BCUT2D eigenvalue weighted by molar-refractivity contribution is 14.0. The van der Waals surface area contributed by atoms with Crippen molar-refractivity contribution in [1.29, 1.82) is 0 Å². The van der Waals surface area contributed by atoms with E-state index in [2.05, 4.69) is 15.6 Å². The molecule has 7 heteroatoms. The highest BCUT2D eigenvalue weighted by Gasteiger charge is 1.99. The number of furan rings is 1. The predicted octanol–water partition coefficient (Wildman–Crippen LogP) is 4.27. The van der Waals surface area contributed by atoms with Crippen LogP contribution in [-0.4, -0.2) is 24.8 Å². The number of aliphatic imine (C=N–C) groups is 1. The molecule has 24 heavy (non-hydrogen) atoms. The fraction of sp³-hybridized carbons (Fsp3) is 0.353. The molecule has 0 saturated carbocycles. The first-order valence-corrected chi connectivity index (χ1v) is 8.69. The van der Waals surface area contributed by atoms with Gasteiger partial charge in [0.2, 0.25) is 0 Å². The van der Waals surface area contributed by atoms with Gasteiger partial charge < -0.3 is 15.1 Å². The van der Waals surface area contributed by atoms with Crippen LogP contribution in [0.3, 0.4) is 0 Å². The number of hydrogen-bond donors (Lipinski definition) is 2. The van der Waals surface area contributed by atoms with Crippen molar-refractivity contribution in [2.45, 2.75) is 24.8 Å². The average Bonchev–Trinajstić information content (AvgIpc) is 3.07. The number of halogens is 2. The van der Waals surface area contributed by atoms with Crippen molar-refractivity contribution in [1.82, 2.24) is 10.6 Å². The zero-order valence-corrected chi connectivity index (χ0v) is 16.8. The number of guanidine groups is 1. The Morgan fingerprint density at radius 3 is 2.67 bits per heavy atom. The topological polar surface area (TPSA) is 49.6 Å². The van der Waals surface area contributed by atoms with E-state index in [1.807, 2.05) is 31.2 Å². The van der Waals surface area contributed by atoms with Crippen LogP contribution in [0.15, 0.2) is 57.0 Å². The Morgan fingerprint density at radius 1 is 1.21 bits per heavy atom. The predicted molar refractivity (Wildman–Crippen MR) is 109 cm³/mol. The van der Waals surface area contributed by atoms with Gasteiger partial charge in [0.25, 0.3) is 0 Å². The van der Waals surface area contributed by atoms with Crippen LogP contribution in [0, 0.1) is 5.82 Å². The molecule has 0 unspecified atom stereocenters. The molecule has 0 amide bonds. The molecule has 1 aromatic carbocycles. The molecule has 0 aliphatic heterocycles. The van der Waals surface area contributed by atoms with Crippen LogP contribution in [0.5, 0.6) is 0 Å². The number of rotatable bonds is 8. The van der Waals surface area contributed by atoms with E-state index >= 15 is 0 Å². The van der Waals surface area contributed by atoms with E-state index in [0.717, 1.165) is 41.9 Å². The molecular weight excluding hydrogens is 440 g/mol. The summed E-state index contributed by atoms with van der Waals surface area (Å²) in [5.41, 5.74) is 0. The third kappa shape index (κ3) is 8.05. The first-order valence-electron chi connectivity index (χ1n) is 7.71. The summed E-state index contributed by atoms with van der Waals surface area (Å²) in [7, 11) is 0. The van der Waals surface area contributed by atoms with Gasteiger partial charge in [-0.15, -0.1) is 35.7 Å². The van der Waals surface area contributed by atoms with Crippen LogP contribution in [0.2, 0.25) is 0 Å². The summed E-state index contributed by atoms with van der Waals surface area (Å²) in [6, 6.07) is 10.4. The Hall–Kier alpha value is -1.22. The molecule has 0 atom stereocenters. The molecule has 2 rings (SSSR count). The van der Waals surface area contributed by atoms with Gasteiger partial charge in [0, 0.05) is 18.0 Å². The molecule has 0 spiro atoms. The van der Waals surface area contributed by atoms with Gasteiger partial charge >= 0.3 is 0 Å². The van der Waals surface area contributed by atoms with E-state index in [9.17, 15) is 4.39 Å². The van der Waals surface area contributed by atoms with Gasteiger partial charge in [0.05, 0.1) is 6.26 Å². The standard InChI is InChI=1S/C17H22FN3OS.HI/c1-2-19-17(21-13-15-5-3-11-22-15)20-10-4-12-23-16-8-6-14(18)7-9-16;/h3,5-9,11H,2,4,10,12-13H2,1H3,(H2,19,20,21);1H. The van der Waals surface area contributed by atoms with Crippen molar-refractivity contribution >= 4 is 41.7 Å². The number of hydrogen-bond acceptors (Lipinski definition) is 3. The maximum absolute atomic E-state index is 12.8. The van der Waals surface area contributed by atoms with E-state index in [0.29, 0.717) is 6.54 Å². The summed E-state index contributed by atoms with van der Waals surface area (Å²) in [5.74, 6) is 2.40. The third-order valence-corrected chi connectivity index (χ3v) is 4.11. The summed E-state index contributed by atoms with van der Waals surface area (Å²) in [6.07, 6.45) is 2.64. The highest BCUT2D eigenvalue weighted by atomic mass is 127. The zero-order valence-electron chi connectivity index (χ0n) is 13.6. The van der Waals surface area contributed by atoms with Gasteiger partial charge in [-0.05, 0) is 55.5 Å². The summed E-state index contributed by atoms with van der Waals surface area (Å²) < 4.78 is 18.1. The van der Waals surface area contributed by atoms with Crippen molar-refractivity contribution < 1.29 is 8.81 Å². The molecule has 2 aromatic rings. The molecule has 0 aliphatic rings. The number of thioether (sulfide) groups is 1. The minimum Gasteiger partial charge on any atom is -0.467 e. The molecule has 2 N–H and O–H groups in total. The Labute approximate surface area is 163 Å². The second-order valence-electron chi connectivity index (χ2n) is 4.86. The normalized spacial score (nSPS) is 11.0. The maximum Gasteiger partial charge on any atom is 0.191 e. The Bertz CT molecular complexity index is 590. The van der Waals surface area contributed by atoms with Crippen molar-refractivity contribution in [3.8, 4) is 0 Å². The summed E-state index contributed by atoms with van der Waals surface area (Å²) in [6.45, 7) is 4.20. The largest absolute Gasteiger partial charge is 0.467 e. The number of benzene rings is 1. The fourth-order valence-corrected chi connectivity index (χ4v) is 2.75. The van der Waals surface area contributed by atoms with Gasteiger partial charge in [-0.2, -0.15) is 0 Å². The summed E-state index contributed by atoms with van der Waals surface area (Å²) >= 11 is 1.72. The molecule has 0 saturated heterocycles. The minimum absolute atomic E-state index is 0. The Kier molecular flexibility index (Phi) is 10.6. The molecule has 0 fully saturated rings. The molecule has 1 aromatic heterocycles. The van der Waals surface area contributed by atoms with Gasteiger partial charge in [0.15, 0.2) is 5.96 Å². The molecule has 4 nitrogen and oxygen atoms in total. The average molecular weight is 463 g/mol. The number of nitrogens with one attached hydrogen (secondary N) is 2. The Morgan fingerprint density at radius 2 is 2.00 bits per heavy atom. The third-order valence-electron chi connectivity index (χ3n) is 3.01. The quantitative estimate of drug-likeness (QED) is 0.202. The van der Waals surface area contributed by atoms with Crippen LogP contribution in [0.25, 0.3) is 0 Å². The van der Waals surface area contributed by atoms with E-state index in [-0.39, 0.29) is 29.8 Å². The lowest BCUT2D eigenvalue weighted by atomic mass is 10.4. The van der Waals surface area contributed by atoms with Crippen molar-refractivity contribution in [2.24, 2.45) is 4.99 Å². The molecular formula is C17H23FIN3OS. The van der Waals surface area contributed by atoms with E-state index in [1.165, 1.54) is 12.1 Å². The van der Waals surface area contributed by atoms with Crippen LogP contribution in [-0.2, 0) is 6.54 Å². The van der Waals surface area contributed by atoms with Gasteiger partial charge in [-0.1, -0.05) is 0 Å². The van der Waals surface area contributed by atoms with E-state index in [4.69, 9.17) is 4.42 Å². The van der Waals surface area contributed by atoms with Crippen molar-refractivity contribution in [2.75, 3.05) is 18.8 Å². The fourth-order valence-electron chi connectivity index (χ4n) is 1.90. The summed E-state index contributed by atoms with van der Waals surface area (Å²) in [5, 5.41) is 6.51. The molecule has 0 aliphatic carbocycles. The van der Waals surface area contributed by atoms with Gasteiger partial charge in [-0.25, -0.2) is 9.38 Å². The first-order chi connectivity index (χ1) is 11.3. The Balaban J connectivity index is 0.00000288. The van der Waals surface area contributed by atoms with Crippen molar-refractivity contribution in [3.05, 3.63) is 54.2 Å². The van der Waals surface area contributed by atoms with Crippen LogP contribution in [0.1, 0.15) is 19.1 Å². The SMILES string of the molecule is CCNC(=NCc1ccco1)NCCCSc1ccc(F)cc1.I. The highest BCUT2D eigenvalue weighted by Crippen LogP contribution is 2.18. The molecule has 0 radical (unpaired) electrons. The second kappa shape index (κ2) is 12.2.